The van der Waals surface area contributed by atoms with E-state index in [9.17, 15) is 4.39 Å². The minimum absolute atomic E-state index is 0.178. The van der Waals surface area contributed by atoms with Crippen LogP contribution < -0.4 is 5.32 Å². The van der Waals surface area contributed by atoms with Gasteiger partial charge in [-0.3, -0.25) is 0 Å². The predicted octanol–water partition coefficient (Wildman–Crippen LogP) is 4.87. The number of hydrogen-bond donors (Lipinski definition) is 1. The molecule has 2 aromatic carbocycles. The standard InChI is InChI=1S/C17H19BrFN/c1-20-17(14-7-3-2-4-8-14)9-5-6-13-10-15(18)12-16(19)11-13/h2-4,7-8,10-12,17,20H,5-6,9H2,1H3. The number of aryl methyl sites for hydroxylation is 1. The summed E-state index contributed by atoms with van der Waals surface area (Å²) in [6.45, 7) is 0. The van der Waals surface area contributed by atoms with Crippen LogP contribution in [0.3, 0.4) is 0 Å². The second-order valence-electron chi connectivity index (χ2n) is 4.92. The lowest BCUT2D eigenvalue weighted by Crippen LogP contribution is -2.16. The van der Waals surface area contributed by atoms with E-state index in [0.717, 1.165) is 29.3 Å². The average Bonchev–Trinajstić information content (AvgIpc) is 2.43. The minimum atomic E-state index is -0.178. The number of rotatable bonds is 6. The summed E-state index contributed by atoms with van der Waals surface area (Å²) in [6.07, 6.45) is 2.95. The summed E-state index contributed by atoms with van der Waals surface area (Å²) >= 11 is 3.33. The zero-order valence-electron chi connectivity index (χ0n) is 11.6. The van der Waals surface area contributed by atoms with Crippen LogP contribution in [0.1, 0.15) is 30.0 Å². The van der Waals surface area contributed by atoms with Gasteiger partial charge in [-0.15, -0.1) is 0 Å². The lowest BCUT2D eigenvalue weighted by atomic mass is 9.99. The zero-order valence-corrected chi connectivity index (χ0v) is 13.2. The molecule has 1 atom stereocenters. The fourth-order valence-electron chi connectivity index (χ4n) is 2.43. The molecule has 1 unspecified atom stereocenters. The molecule has 2 aromatic rings. The van der Waals surface area contributed by atoms with Gasteiger partial charge in [-0.1, -0.05) is 46.3 Å². The van der Waals surface area contributed by atoms with E-state index in [4.69, 9.17) is 0 Å². The molecule has 0 aliphatic rings. The summed E-state index contributed by atoms with van der Waals surface area (Å²) < 4.78 is 14.1. The maximum absolute atomic E-state index is 13.3. The highest BCUT2D eigenvalue weighted by Gasteiger charge is 2.08. The molecule has 1 nitrogen and oxygen atoms in total. The van der Waals surface area contributed by atoms with E-state index in [-0.39, 0.29) is 5.82 Å². The van der Waals surface area contributed by atoms with Gasteiger partial charge in [0.25, 0.3) is 0 Å². The molecule has 0 aliphatic carbocycles. The molecule has 0 radical (unpaired) electrons. The molecule has 0 saturated carbocycles. The number of halogens is 2. The summed E-state index contributed by atoms with van der Waals surface area (Å²) in [4.78, 5) is 0. The van der Waals surface area contributed by atoms with Crippen molar-refractivity contribution in [2.24, 2.45) is 0 Å². The van der Waals surface area contributed by atoms with Gasteiger partial charge in [0.1, 0.15) is 5.82 Å². The van der Waals surface area contributed by atoms with E-state index in [1.165, 1.54) is 11.6 Å². The van der Waals surface area contributed by atoms with Gasteiger partial charge in [0, 0.05) is 10.5 Å². The molecule has 106 valence electrons. The number of benzene rings is 2. The predicted molar refractivity (Wildman–Crippen MR) is 85.3 cm³/mol. The molecule has 0 amide bonds. The Morgan fingerprint density at radius 3 is 2.55 bits per heavy atom. The monoisotopic (exact) mass is 335 g/mol. The van der Waals surface area contributed by atoms with Crippen molar-refractivity contribution in [3.63, 3.8) is 0 Å². The summed E-state index contributed by atoms with van der Waals surface area (Å²) in [5.41, 5.74) is 2.34. The van der Waals surface area contributed by atoms with Crippen LogP contribution in [0.15, 0.2) is 53.0 Å². The maximum Gasteiger partial charge on any atom is 0.124 e. The van der Waals surface area contributed by atoms with Crippen LogP contribution in [-0.4, -0.2) is 7.05 Å². The third-order valence-electron chi connectivity index (χ3n) is 3.43. The summed E-state index contributed by atoms with van der Waals surface area (Å²) in [5.74, 6) is -0.178. The van der Waals surface area contributed by atoms with Crippen molar-refractivity contribution in [3.8, 4) is 0 Å². The lowest BCUT2D eigenvalue weighted by molar-refractivity contribution is 0.526. The van der Waals surface area contributed by atoms with Gasteiger partial charge < -0.3 is 5.32 Å². The minimum Gasteiger partial charge on any atom is -0.313 e. The van der Waals surface area contributed by atoms with Crippen molar-refractivity contribution < 1.29 is 4.39 Å². The SMILES string of the molecule is CNC(CCCc1cc(F)cc(Br)c1)c1ccccc1. The zero-order chi connectivity index (χ0) is 14.4. The lowest BCUT2D eigenvalue weighted by Gasteiger charge is -2.16. The first-order valence-electron chi connectivity index (χ1n) is 6.86. The topological polar surface area (TPSA) is 12.0 Å². The highest BCUT2D eigenvalue weighted by molar-refractivity contribution is 9.10. The average molecular weight is 336 g/mol. The Balaban J connectivity index is 1.91. The summed E-state index contributed by atoms with van der Waals surface area (Å²) in [6, 6.07) is 15.9. The van der Waals surface area contributed by atoms with Crippen LogP contribution in [0, 0.1) is 5.82 Å². The molecule has 0 spiro atoms. The van der Waals surface area contributed by atoms with Crippen LogP contribution in [0.5, 0.6) is 0 Å². The molecule has 0 aromatic heterocycles. The van der Waals surface area contributed by atoms with Crippen LogP contribution >= 0.6 is 15.9 Å². The second-order valence-corrected chi connectivity index (χ2v) is 5.84. The Kier molecular flexibility index (Phi) is 5.74. The van der Waals surface area contributed by atoms with Gasteiger partial charge in [-0.05, 0) is 55.6 Å². The molecule has 0 heterocycles. The third kappa shape index (κ3) is 4.43. The first-order valence-corrected chi connectivity index (χ1v) is 7.65. The van der Waals surface area contributed by atoms with E-state index < -0.39 is 0 Å². The van der Waals surface area contributed by atoms with Crippen molar-refractivity contribution in [1.29, 1.82) is 0 Å². The van der Waals surface area contributed by atoms with Gasteiger partial charge in [0.2, 0.25) is 0 Å². The Hall–Kier alpha value is -1.19. The van der Waals surface area contributed by atoms with Crippen molar-refractivity contribution in [2.75, 3.05) is 7.05 Å². The second kappa shape index (κ2) is 7.55. The Bertz CT molecular complexity index is 522. The maximum atomic E-state index is 13.3. The Labute approximate surface area is 128 Å². The van der Waals surface area contributed by atoms with E-state index in [1.54, 1.807) is 6.07 Å². The molecule has 0 fully saturated rings. The van der Waals surface area contributed by atoms with Crippen molar-refractivity contribution in [2.45, 2.75) is 25.3 Å². The fraction of sp³-hybridized carbons (Fsp3) is 0.294. The van der Waals surface area contributed by atoms with Crippen LogP contribution in [0.25, 0.3) is 0 Å². The molecule has 0 saturated heterocycles. The first-order chi connectivity index (χ1) is 9.69. The summed E-state index contributed by atoms with van der Waals surface area (Å²) in [5, 5.41) is 3.34. The molecule has 3 heteroatoms. The highest BCUT2D eigenvalue weighted by Crippen LogP contribution is 2.21. The smallest absolute Gasteiger partial charge is 0.124 e. The van der Waals surface area contributed by atoms with E-state index >= 15 is 0 Å². The molecule has 0 aliphatic heterocycles. The Morgan fingerprint density at radius 1 is 1.15 bits per heavy atom. The normalized spacial score (nSPS) is 12.3. The van der Waals surface area contributed by atoms with Gasteiger partial charge in [0.05, 0.1) is 0 Å². The van der Waals surface area contributed by atoms with E-state index in [2.05, 4.69) is 45.5 Å². The van der Waals surface area contributed by atoms with Crippen molar-refractivity contribution >= 4 is 15.9 Å². The van der Waals surface area contributed by atoms with Gasteiger partial charge in [-0.2, -0.15) is 0 Å². The van der Waals surface area contributed by atoms with Crippen molar-refractivity contribution in [3.05, 3.63) is 69.9 Å². The van der Waals surface area contributed by atoms with E-state index in [0.29, 0.717) is 6.04 Å². The summed E-state index contributed by atoms with van der Waals surface area (Å²) in [7, 11) is 1.98. The number of nitrogens with one attached hydrogen (secondary N) is 1. The molecular formula is C17H19BrFN. The highest BCUT2D eigenvalue weighted by atomic mass is 79.9. The molecular weight excluding hydrogens is 317 g/mol. The van der Waals surface area contributed by atoms with Gasteiger partial charge in [-0.25, -0.2) is 4.39 Å². The number of hydrogen-bond acceptors (Lipinski definition) is 1. The third-order valence-corrected chi connectivity index (χ3v) is 3.89. The molecule has 1 N–H and O–H groups in total. The Morgan fingerprint density at radius 2 is 1.90 bits per heavy atom. The largest absolute Gasteiger partial charge is 0.313 e. The first kappa shape index (κ1) is 15.2. The molecule has 2 rings (SSSR count). The molecule has 20 heavy (non-hydrogen) atoms. The van der Waals surface area contributed by atoms with Crippen LogP contribution in [-0.2, 0) is 6.42 Å². The quantitative estimate of drug-likeness (QED) is 0.793. The fourth-order valence-corrected chi connectivity index (χ4v) is 2.94. The molecule has 0 bridgehead atoms. The van der Waals surface area contributed by atoms with Crippen LogP contribution in [0.4, 0.5) is 4.39 Å². The van der Waals surface area contributed by atoms with Crippen molar-refractivity contribution in [1.82, 2.24) is 5.32 Å². The van der Waals surface area contributed by atoms with E-state index in [1.807, 2.05) is 19.2 Å². The van der Waals surface area contributed by atoms with Gasteiger partial charge >= 0.3 is 0 Å². The van der Waals surface area contributed by atoms with Gasteiger partial charge in [0.15, 0.2) is 0 Å². The van der Waals surface area contributed by atoms with Crippen LogP contribution in [0.2, 0.25) is 0 Å².